The molecule has 0 aromatic rings. The van der Waals surface area contributed by atoms with Gasteiger partial charge >= 0.3 is 0 Å². The van der Waals surface area contributed by atoms with Crippen LogP contribution in [0.3, 0.4) is 0 Å². The summed E-state index contributed by atoms with van der Waals surface area (Å²) in [5.41, 5.74) is 5.86. The zero-order valence-electron chi connectivity index (χ0n) is 11.0. The SMILES string of the molecule is C=CCC(N)C(=O)NCC1(N(C)C)CCCC1. The quantitative estimate of drug-likeness (QED) is 0.677. The minimum atomic E-state index is -0.465. The molecule has 17 heavy (non-hydrogen) atoms. The maximum Gasteiger partial charge on any atom is 0.237 e. The van der Waals surface area contributed by atoms with Gasteiger partial charge in [0.25, 0.3) is 0 Å². The molecule has 98 valence electrons. The molecule has 1 saturated carbocycles. The summed E-state index contributed by atoms with van der Waals surface area (Å²) in [6.45, 7) is 4.29. The van der Waals surface area contributed by atoms with Crippen molar-refractivity contribution >= 4 is 5.91 Å². The van der Waals surface area contributed by atoms with E-state index in [1.54, 1.807) is 6.08 Å². The Kier molecular flexibility index (Phi) is 5.15. The number of hydrogen-bond donors (Lipinski definition) is 2. The van der Waals surface area contributed by atoms with Crippen molar-refractivity contribution in [3.8, 4) is 0 Å². The van der Waals surface area contributed by atoms with Crippen molar-refractivity contribution in [3.63, 3.8) is 0 Å². The van der Waals surface area contributed by atoms with E-state index in [-0.39, 0.29) is 11.4 Å². The van der Waals surface area contributed by atoms with Crippen molar-refractivity contribution in [3.05, 3.63) is 12.7 Å². The zero-order valence-corrected chi connectivity index (χ0v) is 11.0. The fourth-order valence-corrected chi connectivity index (χ4v) is 2.48. The van der Waals surface area contributed by atoms with Gasteiger partial charge in [-0.1, -0.05) is 18.9 Å². The predicted molar refractivity (Wildman–Crippen MR) is 70.7 cm³/mol. The van der Waals surface area contributed by atoms with Crippen molar-refractivity contribution in [2.45, 2.75) is 43.7 Å². The van der Waals surface area contributed by atoms with Gasteiger partial charge in [0.2, 0.25) is 5.91 Å². The molecule has 1 rings (SSSR count). The highest BCUT2D eigenvalue weighted by Crippen LogP contribution is 2.33. The van der Waals surface area contributed by atoms with Crippen LogP contribution in [0.2, 0.25) is 0 Å². The van der Waals surface area contributed by atoms with Crippen molar-refractivity contribution < 1.29 is 4.79 Å². The van der Waals surface area contributed by atoms with E-state index in [1.807, 2.05) is 0 Å². The fourth-order valence-electron chi connectivity index (χ4n) is 2.48. The van der Waals surface area contributed by atoms with Crippen LogP contribution >= 0.6 is 0 Å². The summed E-state index contributed by atoms with van der Waals surface area (Å²) in [7, 11) is 4.17. The second-order valence-corrected chi connectivity index (χ2v) is 5.17. The second kappa shape index (κ2) is 6.17. The molecule has 1 atom stereocenters. The maximum atomic E-state index is 11.8. The molecule has 3 N–H and O–H groups in total. The molecule has 1 aliphatic carbocycles. The van der Waals surface area contributed by atoms with Crippen molar-refractivity contribution in [2.24, 2.45) is 5.73 Å². The molecule has 0 aromatic heterocycles. The third-order valence-corrected chi connectivity index (χ3v) is 3.83. The highest BCUT2D eigenvalue weighted by atomic mass is 16.2. The third-order valence-electron chi connectivity index (χ3n) is 3.83. The van der Waals surface area contributed by atoms with Crippen LogP contribution in [0.25, 0.3) is 0 Å². The molecule has 0 spiro atoms. The lowest BCUT2D eigenvalue weighted by molar-refractivity contribution is -0.122. The molecule has 1 fully saturated rings. The Morgan fingerprint density at radius 3 is 2.59 bits per heavy atom. The van der Waals surface area contributed by atoms with Gasteiger partial charge in [0.1, 0.15) is 0 Å². The summed E-state index contributed by atoms with van der Waals surface area (Å²) >= 11 is 0. The molecule has 1 unspecified atom stereocenters. The van der Waals surface area contributed by atoms with Crippen LogP contribution in [0.4, 0.5) is 0 Å². The van der Waals surface area contributed by atoms with Gasteiger partial charge in [-0.25, -0.2) is 0 Å². The number of carbonyl (C=O) groups is 1. The van der Waals surface area contributed by atoms with Crippen LogP contribution in [-0.4, -0.2) is 43.0 Å². The molecular formula is C13H25N3O. The first-order chi connectivity index (χ1) is 8.02. The predicted octanol–water partition coefficient (Wildman–Crippen LogP) is 0.880. The molecule has 0 heterocycles. The minimum Gasteiger partial charge on any atom is -0.353 e. The van der Waals surface area contributed by atoms with Gasteiger partial charge < -0.3 is 16.0 Å². The van der Waals surface area contributed by atoms with Gasteiger partial charge in [0.15, 0.2) is 0 Å². The Labute approximate surface area is 104 Å². The third kappa shape index (κ3) is 3.54. The summed E-state index contributed by atoms with van der Waals surface area (Å²) < 4.78 is 0. The van der Waals surface area contributed by atoms with E-state index in [9.17, 15) is 4.79 Å². The highest BCUT2D eigenvalue weighted by molar-refractivity contribution is 5.81. The molecule has 0 aromatic carbocycles. The van der Waals surface area contributed by atoms with Gasteiger partial charge in [0, 0.05) is 12.1 Å². The van der Waals surface area contributed by atoms with Crippen LogP contribution in [0.1, 0.15) is 32.1 Å². The molecule has 1 amide bonds. The minimum absolute atomic E-state index is 0.0713. The van der Waals surface area contributed by atoms with Gasteiger partial charge in [-0.2, -0.15) is 0 Å². The number of amides is 1. The summed E-state index contributed by atoms with van der Waals surface area (Å²) in [4.78, 5) is 14.0. The number of hydrogen-bond acceptors (Lipinski definition) is 3. The highest BCUT2D eigenvalue weighted by Gasteiger charge is 2.36. The lowest BCUT2D eigenvalue weighted by atomic mass is 9.96. The largest absolute Gasteiger partial charge is 0.353 e. The Hall–Kier alpha value is -0.870. The Bertz CT molecular complexity index is 270. The van der Waals surface area contributed by atoms with Crippen LogP contribution in [-0.2, 0) is 4.79 Å². The van der Waals surface area contributed by atoms with Gasteiger partial charge in [-0.15, -0.1) is 6.58 Å². The number of nitrogens with two attached hydrogens (primary N) is 1. The first-order valence-corrected chi connectivity index (χ1v) is 6.33. The Balaban J connectivity index is 2.47. The van der Waals surface area contributed by atoms with Crippen LogP contribution in [0, 0.1) is 0 Å². The lowest BCUT2D eigenvalue weighted by Crippen LogP contribution is -2.53. The number of likely N-dealkylation sites (N-methyl/N-ethyl adjacent to an activating group) is 1. The van der Waals surface area contributed by atoms with Gasteiger partial charge in [-0.3, -0.25) is 4.79 Å². The summed E-state index contributed by atoms with van der Waals surface area (Å²) in [5.74, 6) is -0.0713. The van der Waals surface area contributed by atoms with E-state index in [0.717, 1.165) is 12.8 Å². The van der Waals surface area contributed by atoms with Crippen LogP contribution in [0.5, 0.6) is 0 Å². The summed E-state index contributed by atoms with van der Waals surface area (Å²) in [5, 5.41) is 2.98. The molecule has 1 aliphatic rings. The number of nitrogens with zero attached hydrogens (tertiary/aromatic N) is 1. The normalized spacial score (nSPS) is 20.2. The molecule has 4 heteroatoms. The van der Waals surface area contributed by atoms with E-state index in [1.165, 1.54) is 12.8 Å². The van der Waals surface area contributed by atoms with Gasteiger partial charge in [-0.05, 0) is 33.4 Å². The average Bonchev–Trinajstić information content (AvgIpc) is 2.76. The van der Waals surface area contributed by atoms with E-state index in [0.29, 0.717) is 13.0 Å². The molecule has 0 bridgehead atoms. The zero-order chi connectivity index (χ0) is 12.9. The topological polar surface area (TPSA) is 58.4 Å². The number of nitrogens with one attached hydrogen (secondary N) is 1. The van der Waals surface area contributed by atoms with E-state index in [2.05, 4.69) is 30.9 Å². The number of rotatable bonds is 6. The van der Waals surface area contributed by atoms with Crippen molar-refractivity contribution in [2.75, 3.05) is 20.6 Å². The summed E-state index contributed by atoms with van der Waals surface area (Å²) in [6, 6.07) is -0.465. The molecular weight excluding hydrogens is 214 g/mol. The smallest absolute Gasteiger partial charge is 0.237 e. The van der Waals surface area contributed by atoms with Crippen molar-refractivity contribution in [1.29, 1.82) is 0 Å². The first-order valence-electron chi connectivity index (χ1n) is 6.33. The van der Waals surface area contributed by atoms with Crippen LogP contribution in [0.15, 0.2) is 12.7 Å². The molecule has 4 nitrogen and oxygen atoms in total. The number of carbonyl (C=O) groups excluding carboxylic acids is 1. The standard InChI is InChI=1S/C13H25N3O/c1-4-7-11(14)12(17)15-10-13(16(2)3)8-5-6-9-13/h4,11H,1,5-10,14H2,2-3H3,(H,15,17). The van der Waals surface area contributed by atoms with E-state index < -0.39 is 6.04 Å². The second-order valence-electron chi connectivity index (χ2n) is 5.17. The Morgan fingerprint density at radius 2 is 2.12 bits per heavy atom. The lowest BCUT2D eigenvalue weighted by Gasteiger charge is -2.36. The average molecular weight is 239 g/mol. The fraction of sp³-hybridized carbons (Fsp3) is 0.769. The van der Waals surface area contributed by atoms with Crippen molar-refractivity contribution in [1.82, 2.24) is 10.2 Å². The maximum absolute atomic E-state index is 11.8. The first kappa shape index (κ1) is 14.2. The monoisotopic (exact) mass is 239 g/mol. The summed E-state index contributed by atoms with van der Waals surface area (Å²) in [6.07, 6.45) is 7.00. The van der Waals surface area contributed by atoms with Gasteiger partial charge in [0.05, 0.1) is 6.04 Å². The Morgan fingerprint density at radius 1 is 1.53 bits per heavy atom. The molecule has 0 aliphatic heterocycles. The van der Waals surface area contributed by atoms with Crippen LogP contribution < -0.4 is 11.1 Å². The molecule has 0 saturated heterocycles. The molecule has 0 radical (unpaired) electrons. The van der Waals surface area contributed by atoms with E-state index >= 15 is 0 Å². The van der Waals surface area contributed by atoms with E-state index in [4.69, 9.17) is 5.73 Å².